The van der Waals surface area contributed by atoms with Gasteiger partial charge in [-0.15, -0.1) is 11.3 Å². The molecule has 19 N–H and O–H groups in total. The molecule has 28 nitrogen and oxygen atoms in total. The maximum atomic E-state index is 14.3. The van der Waals surface area contributed by atoms with E-state index in [1.54, 1.807) is 92.8 Å². The minimum Gasteiger partial charge on any atom is -0.462 e. The number of thiophene rings is 1. The molecule has 5 aliphatic heterocycles. The normalized spacial score (nSPS) is 42.6. The number of aliphatic hydroxyl groups is 17. The predicted molar refractivity (Wildman–Crippen MR) is 336 cm³/mol. The molecule has 6 heterocycles. The van der Waals surface area contributed by atoms with Crippen molar-refractivity contribution in [1.29, 1.82) is 0 Å². The number of cyclic esters (lactones) is 1. The van der Waals surface area contributed by atoms with Crippen LogP contribution < -0.4 is 10.6 Å². The number of fused-ring (bicyclic) bond motifs is 2. The lowest BCUT2D eigenvalue weighted by Crippen LogP contribution is -2.70. The molecule has 0 saturated carbocycles. The molecule has 0 aliphatic carbocycles. The summed E-state index contributed by atoms with van der Waals surface area (Å²) < 4.78 is 40.8. The van der Waals surface area contributed by atoms with Crippen LogP contribution in [0, 0.1) is 17.8 Å². The van der Waals surface area contributed by atoms with Gasteiger partial charge in [0.25, 0.3) is 0 Å². The first-order valence-corrected chi connectivity index (χ1v) is 32.9. The molecule has 4 fully saturated rings. The Kier molecular flexibility index (Phi) is 31.6. The van der Waals surface area contributed by atoms with Crippen LogP contribution in [0.5, 0.6) is 0 Å². The molecular formula is C65H100N2O26S. The number of nitrogens with one attached hydrogen (secondary N) is 2. The number of aliphatic hydroxyl groups excluding tert-OH is 15. The number of carbonyl (C=O) groups excluding carboxylic acids is 2. The van der Waals surface area contributed by atoms with Crippen molar-refractivity contribution in [2.45, 2.75) is 238 Å². The molecule has 94 heavy (non-hydrogen) atoms. The van der Waals surface area contributed by atoms with E-state index in [0.717, 1.165) is 4.88 Å². The van der Waals surface area contributed by atoms with Crippen molar-refractivity contribution < 1.29 is 130 Å². The number of rotatable bonds is 12. The fourth-order valence-electron chi connectivity index (χ4n) is 11.9. The van der Waals surface area contributed by atoms with Crippen LogP contribution in [0.4, 0.5) is 0 Å². The molecule has 5 aliphatic rings. The summed E-state index contributed by atoms with van der Waals surface area (Å²) in [5.41, 5.74) is 0. The van der Waals surface area contributed by atoms with E-state index in [9.17, 15) is 96.4 Å². The van der Waals surface area contributed by atoms with Crippen molar-refractivity contribution in [3.8, 4) is 0 Å². The zero-order valence-corrected chi connectivity index (χ0v) is 54.0. The third kappa shape index (κ3) is 23.0. The van der Waals surface area contributed by atoms with E-state index in [1.807, 2.05) is 24.4 Å². The van der Waals surface area contributed by atoms with Gasteiger partial charge in [0.05, 0.1) is 105 Å². The average Bonchev–Trinajstić information content (AvgIpc) is 0.801. The van der Waals surface area contributed by atoms with E-state index < -0.39 is 228 Å². The standard InChI is InChI=1S/C65H100N2O26S/c1-35-18-15-13-11-9-7-5-6-8-10-12-14-16-19-42(90-62-56(80)52(54(78)38(4)89-62)67-34-65(86)60(83)59(47(75)33-87-65)92-63-58(82)57(81)55(79)49(32-68)91-63)29-48-51(61(84)66-24-23-43-20-17-25-94-43)46(74)31-64(85,93-48)30-41(71)27-45(73)44(72)22-21-39(69)26-40(70)28-50(76)88-37(3)36(2)53(35)77/h5-20,25,35-42,44-49,51-60,62-63,67-75,77-83,85-86H,21-24,26-34H2,1-4H3,(H,66,84)/t35-,36-,37-,38+,39+,40+,41-,42-,44+,45+,46-,47+,48?,49+,51?,52-,53+,54+,55+,56-,57-,58+,59+,60-,62?,63?,64+,65+/m0/s1. The van der Waals surface area contributed by atoms with Crippen LogP contribution in [0.25, 0.3) is 0 Å². The van der Waals surface area contributed by atoms with Gasteiger partial charge in [-0.1, -0.05) is 105 Å². The number of allylic oxidation sites excluding steroid dienone is 12. The summed E-state index contributed by atoms with van der Waals surface area (Å²) >= 11 is 1.47. The molecule has 6 rings (SSSR count). The minimum absolute atomic E-state index is 0.133. The summed E-state index contributed by atoms with van der Waals surface area (Å²) in [6.45, 7) is 4.43. The summed E-state index contributed by atoms with van der Waals surface area (Å²) in [6.07, 6.45) is -13.2. The molecule has 2 bridgehead atoms. The van der Waals surface area contributed by atoms with Crippen LogP contribution in [0.3, 0.4) is 0 Å². The predicted octanol–water partition coefficient (Wildman–Crippen LogP) is -2.70. The molecule has 29 heteroatoms. The first kappa shape index (κ1) is 78.9. The van der Waals surface area contributed by atoms with E-state index in [-0.39, 0.29) is 31.7 Å². The highest BCUT2D eigenvalue weighted by atomic mass is 32.1. The van der Waals surface area contributed by atoms with E-state index in [0.29, 0.717) is 6.42 Å². The number of hydrogen-bond donors (Lipinski definition) is 19. The van der Waals surface area contributed by atoms with Crippen LogP contribution in [-0.2, 0) is 49.2 Å². The van der Waals surface area contributed by atoms with E-state index >= 15 is 0 Å². The van der Waals surface area contributed by atoms with Crippen molar-refractivity contribution in [3.05, 3.63) is 107 Å². The minimum atomic E-state index is -2.67. The Bertz CT molecular complexity index is 2650. The smallest absolute Gasteiger partial charge is 0.308 e. The van der Waals surface area contributed by atoms with Gasteiger partial charge in [0, 0.05) is 48.9 Å². The van der Waals surface area contributed by atoms with Crippen molar-refractivity contribution in [1.82, 2.24) is 10.6 Å². The summed E-state index contributed by atoms with van der Waals surface area (Å²) in [4.78, 5) is 28.0. The van der Waals surface area contributed by atoms with Gasteiger partial charge in [0.15, 0.2) is 18.4 Å². The molecular weight excluding hydrogens is 1260 g/mol. The molecule has 1 aromatic heterocycles. The lowest BCUT2D eigenvalue weighted by atomic mass is 9.82. The quantitative estimate of drug-likeness (QED) is 0.0947. The molecule has 4 saturated heterocycles. The topological polar surface area (TPSA) is 467 Å². The monoisotopic (exact) mass is 1360 g/mol. The third-order valence-corrected chi connectivity index (χ3v) is 18.6. The SMILES string of the molecule is C[C@@H]1[C@H](O)[C@@H](C)C=CC=CC=CC=CC=CC=CC=C[C@H](OC2O[C@H](C)[C@@H](O)[C@H](NC[C@@]3(O)OC[C@@H](O)[C@@H](OC4O[C@H](CO)[C@@H](O)[C@H](O)[C@H]4O)[C@@H]3O)[C@@H]2O)CC2O[C@](O)(C[C@@H](O)C[C@@H](O)[C@H](O)CC[C@@H](O)C[C@@H](O)CC(=O)O[C@H]1C)C[C@H](O)C2C(=O)NCCc1cccs1. The van der Waals surface area contributed by atoms with Crippen molar-refractivity contribution in [2.24, 2.45) is 17.8 Å². The Hall–Kier alpha value is -4.14. The highest BCUT2D eigenvalue weighted by Gasteiger charge is 2.55. The fraction of sp³-hybridized carbons (Fsp3) is 0.692. The second-order valence-corrected chi connectivity index (χ2v) is 26.2. The molecule has 4 unspecified atom stereocenters. The second kappa shape index (κ2) is 37.7. The van der Waals surface area contributed by atoms with Crippen LogP contribution in [0.2, 0.25) is 0 Å². The summed E-state index contributed by atoms with van der Waals surface area (Å²) in [5, 5.41) is 196. The molecule has 0 spiro atoms. The van der Waals surface area contributed by atoms with Gasteiger partial charge in [0.2, 0.25) is 11.7 Å². The molecule has 0 radical (unpaired) electrons. The lowest BCUT2D eigenvalue weighted by molar-refractivity contribution is -0.368. The maximum absolute atomic E-state index is 14.3. The molecule has 532 valence electrons. The zero-order chi connectivity index (χ0) is 69.0. The van der Waals surface area contributed by atoms with Gasteiger partial charge in [-0.25, -0.2) is 0 Å². The van der Waals surface area contributed by atoms with E-state index in [1.165, 1.54) is 24.3 Å². The van der Waals surface area contributed by atoms with Crippen molar-refractivity contribution >= 4 is 23.2 Å². The Labute approximate surface area is 550 Å². The van der Waals surface area contributed by atoms with Gasteiger partial charge >= 0.3 is 5.97 Å². The van der Waals surface area contributed by atoms with E-state index in [4.69, 9.17) is 33.2 Å². The zero-order valence-electron chi connectivity index (χ0n) is 53.2. The number of ether oxygens (including phenoxy) is 7. The lowest BCUT2D eigenvalue weighted by Gasteiger charge is -2.48. The van der Waals surface area contributed by atoms with Crippen LogP contribution >= 0.6 is 11.3 Å². The summed E-state index contributed by atoms with van der Waals surface area (Å²) in [5.74, 6) is -8.77. The van der Waals surface area contributed by atoms with Crippen molar-refractivity contribution in [2.75, 3.05) is 26.3 Å². The molecule has 1 amide bonds. The number of hydrogen-bond acceptors (Lipinski definition) is 28. The van der Waals surface area contributed by atoms with Gasteiger partial charge in [-0.3, -0.25) is 9.59 Å². The Morgan fingerprint density at radius 3 is 1.93 bits per heavy atom. The highest BCUT2D eigenvalue weighted by molar-refractivity contribution is 7.09. The summed E-state index contributed by atoms with van der Waals surface area (Å²) in [6, 6.07) is 2.26. The van der Waals surface area contributed by atoms with E-state index in [2.05, 4.69) is 10.6 Å². The molecule has 0 aromatic carbocycles. The molecule has 1 aromatic rings. The molecule has 28 atom stereocenters. The number of amides is 1. The van der Waals surface area contributed by atoms with Gasteiger partial charge in [-0.05, 0) is 51.0 Å². The van der Waals surface area contributed by atoms with Crippen LogP contribution in [0.15, 0.2) is 103 Å². The first-order valence-electron chi connectivity index (χ1n) is 32.0. The number of esters is 1. The maximum Gasteiger partial charge on any atom is 0.308 e. The number of carbonyl (C=O) groups is 2. The average molecular weight is 1360 g/mol. The highest BCUT2D eigenvalue weighted by Crippen LogP contribution is 2.39. The Morgan fingerprint density at radius 2 is 1.29 bits per heavy atom. The Morgan fingerprint density at radius 1 is 0.649 bits per heavy atom. The van der Waals surface area contributed by atoms with Crippen LogP contribution in [-0.4, -0.2) is 277 Å². The first-order chi connectivity index (χ1) is 44.5. The largest absolute Gasteiger partial charge is 0.462 e. The van der Waals surface area contributed by atoms with Gasteiger partial charge in [0.1, 0.15) is 54.9 Å². The summed E-state index contributed by atoms with van der Waals surface area (Å²) in [7, 11) is 0. The van der Waals surface area contributed by atoms with Crippen molar-refractivity contribution in [3.63, 3.8) is 0 Å². The van der Waals surface area contributed by atoms with Crippen LogP contribution in [0.1, 0.15) is 83.9 Å². The Balaban J connectivity index is 1.26. The fourth-order valence-corrected chi connectivity index (χ4v) is 12.6. The second-order valence-electron chi connectivity index (χ2n) is 25.1. The van der Waals surface area contributed by atoms with Gasteiger partial charge in [-0.2, -0.15) is 0 Å². The van der Waals surface area contributed by atoms with Gasteiger partial charge < -0.3 is 131 Å². The third-order valence-electron chi connectivity index (χ3n) is 17.6.